The molecule has 0 unspecified atom stereocenters. The first-order chi connectivity index (χ1) is 11.0. The lowest BCUT2D eigenvalue weighted by Crippen LogP contribution is -2.40. The number of unbranched alkanes of at least 4 members (excludes halogenated alkanes) is 1. The minimum Gasteiger partial charge on any atom is -0.469 e. The summed E-state index contributed by atoms with van der Waals surface area (Å²) in [5, 5.41) is 6.69. The number of hydrogen-bond donors (Lipinski definition) is 2. The molecule has 1 aliphatic rings. The van der Waals surface area contributed by atoms with E-state index in [1.807, 2.05) is 0 Å². The Hall–Kier alpha value is -1.26. The van der Waals surface area contributed by atoms with Crippen LogP contribution in [-0.2, 0) is 9.53 Å². The number of guanidine groups is 1. The van der Waals surface area contributed by atoms with Crippen LogP contribution >= 0.6 is 0 Å². The van der Waals surface area contributed by atoms with Crippen LogP contribution < -0.4 is 10.6 Å². The smallest absolute Gasteiger partial charge is 0.305 e. The molecule has 0 radical (unpaired) electrons. The Morgan fingerprint density at radius 2 is 2.00 bits per heavy atom. The molecule has 0 saturated heterocycles. The maximum atomic E-state index is 11.1. The number of nitrogens with zero attached hydrogens (tertiary/aromatic N) is 1. The van der Waals surface area contributed by atoms with Gasteiger partial charge in [-0.15, -0.1) is 0 Å². The zero-order chi connectivity index (χ0) is 17.1. The lowest BCUT2D eigenvalue weighted by atomic mass is 9.64. The number of hydrogen-bond acceptors (Lipinski definition) is 3. The van der Waals surface area contributed by atoms with E-state index in [-0.39, 0.29) is 5.97 Å². The molecule has 134 valence electrons. The molecule has 1 fully saturated rings. The summed E-state index contributed by atoms with van der Waals surface area (Å²) in [6.07, 6.45) is 7.52. The maximum Gasteiger partial charge on any atom is 0.305 e. The Balaban J connectivity index is 2.36. The van der Waals surface area contributed by atoms with Gasteiger partial charge >= 0.3 is 5.97 Å². The Morgan fingerprint density at radius 3 is 2.52 bits per heavy atom. The Labute approximate surface area is 141 Å². The van der Waals surface area contributed by atoms with E-state index < -0.39 is 0 Å². The van der Waals surface area contributed by atoms with Crippen LogP contribution in [0.25, 0.3) is 0 Å². The normalized spacial score (nSPS) is 16.8. The molecular formula is C18H35N3O2. The average Bonchev–Trinajstić information content (AvgIpc) is 2.48. The van der Waals surface area contributed by atoms with Crippen molar-refractivity contribution in [2.75, 3.05) is 26.7 Å². The summed E-state index contributed by atoms with van der Waals surface area (Å²) in [4.78, 5) is 15.9. The summed E-state index contributed by atoms with van der Waals surface area (Å²) < 4.78 is 4.65. The van der Waals surface area contributed by atoms with Gasteiger partial charge < -0.3 is 15.4 Å². The van der Waals surface area contributed by atoms with Crippen molar-refractivity contribution in [2.24, 2.45) is 16.3 Å². The third-order valence-electron chi connectivity index (χ3n) is 4.50. The van der Waals surface area contributed by atoms with Gasteiger partial charge in [0.25, 0.3) is 0 Å². The predicted octanol–water partition coefficient (Wildman–Crippen LogP) is 3.10. The van der Waals surface area contributed by atoms with Crippen LogP contribution in [0.2, 0.25) is 0 Å². The summed E-state index contributed by atoms with van der Waals surface area (Å²) >= 11 is 0. The van der Waals surface area contributed by atoms with Crippen LogP contribution in [0.4, 0.5) is 0 Å². The first kappa shape index (κ1) is 19.8. The van der Waals surface area contributed by atoms with Crippen LogP contribution in [0.5, 0.6) is 0 Å². The van der Waals surface area contributed by atoms with Crippen molar-refractivity contribution in [3.05, 3.63) is 0 Å². The maximum absolute atomic E-state index is 11.1. The Kier molecular flexibility index (Phi) is 9.03. The van der Waals surface area contributed by atoms with Crippen LogP contribution in [-0.4, -0.2) is 38.7 Å². The highest BCUT2D eigenvalue weighted by Gasteiger charge is 2.37. The molecule has 0 aromatic carbocycles. The van der Waals surface area contributed by atoms with E-state index in [9.17, 15) is 4.79 Å². The van der Waals surface area contributed by atoms with Crippen molar-refractivity contribution in [3.8, 4) is 0 Å². The highest BCUT2D eigenvalue weighted by molar-refractivity contribution is 5.79. The van der Waals surface area contributed by atoms with E-state index >= 15 is 0 Å². The molecule has 5 heteroatoms. The average molecular weight is 325 g/mol. The van der Waals surface area contributed by atoms with Gasteiger partial charge in [-0.05, 0) is 50.4 Å². The molecule has 1 saturated carbocycles. The summed E-state index contributed by atoms with van der Waals surface area (Å²) in [5.41, 5.74) is 0.432. The first-order valence-corrected chi connectivity index (χ1v) is 9.10. The van der Waals surface area contributed by atoms with Crippen molar-refractivity contribution in [3.63, 3.8) is 0 Å². The number of nitrogens with one attached hydrogen (secondary N) is 2. The van der Waals surface area contributed by atoms with E-state index in [4.69, 9.17) is 4.99 Å². The van der Waals surface area contributed by atoms with Crippen molar-refractivity contribution >= 4 is 11.9 Å². The molecule has 0 aromatic rings. The van der Waals surface area contributed by atoms with Crippen LogP contribution in [0.1, 0.15) is 65.7 Å². The second-order valence-corrected chi connectivity index (χ2v) is 7.11. The van der Waals surface area contributed by atoms with Gasteiger partial charge in [0, 0.05) is 26.1 Å². The van der Waals surface area contributed by atoms with E-state index in [1.54, 1.807) is 0 Å². The quantitative estimate of drug-likeness (QED) is 0.280. The van der Waals surface area contributed by atoms with E-state index in [0.29, 0.717) is 11.8 Å². The molecule has 1 rings (SSSR count). The van der Waals surface area contributed by atoms with Gasteiger partial charge in [0.05, 0.1) is 7.11 Å². The van der Waals surface area contributed by atoms with Crippen molar-refractivity contribution in [1.82, 2.24) is 10.6 Å². The first-order valence-electron chi connectivity index (χ1n) is 9.10. The van der Waals surface area contributed by atoms with Crippen LogP contribution in [0, 0.1) is 11.3 Å². The van der Waals surface area contributed by atoms with Crippen molar-refractivity contribution < 1.29 is 9.53 Å². The molecule has 0 heterocycles. The molecular weight excluding hydrogens is 290 g/mol. The number of esters is 1. The van der Waals surface area contributed by atoms with Gasteiger partial charge in [0.1, 0.15) is 0 Å². The summed E-state index contributed by atoms with van der Waals surface area (Å²) in [6, 6.07) is 0. The number of carbonyl (C=O) groups excluding carboxylic acids is 1. The molecule has 1 aliphatic carbocycles. The molecule has 0 bridgehead atoms. The zero-order valence-electron chi connectivity index (χ0n) is 15.4. The second-order valence-electron chi connectivity index (χ2n) is 7.11. The van der Waals surface area contributed by atoms with Crippen molar-refractivity contribution in [2.45, 2.75) is 65.7 Å². The topological polar surface area (TPSA) is 62.7 Å². The molecule has 23 heavy (non-hydrogen) atoms. The fourth-order valence-corrected chi connectivity index (χ4v) is 3.26. The third-order valence-corrected chi connectivity index (χ3v) is 4.50. The molecule has 2 N–H and O–H groups in total. The van der Waals surface area contributed by atoms with E-state index in [0.717, 1.165) is 44.4 Å². The standard InChI is InChI=1S/C18H35N3O2/c1-5-19-17(20-12-7-6-9-16(22)23-4)21-14-18(10-8-11-18)13-15(2)3/h15H,5-14H2,1-4H3,(H2,19,20,21). The van der Waals surface area contributed by atoms with E-state index in [2.05, 4.69) is 36.1 Å². The summed E-state index contributed by atoms with van der Waals surface area (Å²) in [6.45, 7) is 9.30. The molecule has 0 aliphatic heterocycles. The SMILES string of the molecule is CCNC(=NCC1(CC(C)C)CCC1)NCCCCC(=O)OC. The highest BCUT2D eigenvalue weighted by Crippen LogP contribution is 2.46. The number of carbonyl (C=O) groups is 1. The third kappa shape index (κ3) is 7.71. The fraction of sp³-hybridized carbons (Fsp3) is 0.889. The van der Waals surface area contributed by atoms with Gasteiger partial charge in [-0.3, -0.25) is 9.79 Å². The lowest BCUT2D eigenvalue weighted by molar-refractivity contribution is -0.140. The predicted molar refractivity (Wildman–Crippen MR) is 95.6 cm³/mol. The zero-order valence-corrected chi connectivity index (χ0v) is 15.4. The number of rotatable bonds is 10. The number of methoxy groups -OCH3 is 1. The molecule has 0 atom stereocenters. The monoisotopic (exact) mass is 325 g/mol. The number of ether oxygens (including phenoxy) is 1. The van der Waals surface area contributed by atoms with E-state index in [1.165, 1.54) is 32.8 Å². The van der Waals surface area contributed by atoms with Crippen LogP contribution in [0.3, 0.4) is 0 Å². The Morgan fingerprint density at radius 1 is 1.26 bits per heavy atom. The highest BCUT2D eigenvalue weighted by atomic mass is 16.5. The molecule has 0 aromatic heterocycles. The minimum atomic E-state index is -0.133. The minimum absolute atomic E-state index is 0.133. The van der Waals surface area contributed by atoms with Gasteiger partial charge in [0.15, 0.2) is 5.96 Å². The van der Waals surface area contributed by atoms with Crippen molar-refractivity contribution in [1.29, 1.82) is 0 Å². The van der Waals surface area contributed by atoms with Gasteiger partial charge in [-0.25, -0.2) is 0 Å². The largest absolute Gasteiger partial charge is 0.469 e. The second kappa shape index (κ2) is 10.5. The fourth-order valence-electron chi connectivity index (χ4n) is 3.26. The summed E-state index contributed by atoms with van der Waals surface area (Å²) in [7, 11) is 1.43. The molecule has 0 amide bonds. The lowest BCUT2D eigenvalue weighted by Gasteiger charge is -2.42. The van der Waals surface area contributed by atoms with Gasteiger partial charge in [-0.2, -0.15) is 0 Å². The van der Waals surface area contributed by atoms with Crippen LogP contribution in [0.15, 0.2) is 4.99 Å². The van der Waals surface area contributed by atoms with Gasteiger partial charge in [-0.1, -0.05) is 20.3 Å². The molecule has 5 nitrogen and oxygen atoms in total. The van der Waals surface area contributed by atoms with Gasteiger partial charge in [0.2, 0.25) is 0 Å². The Bertz CT molecular complexity index is 376. The summed E-state index contributed by atoms with van der Waals surface area (Å²) in [5.74, 6) is 1.51. The molecule has 0 spiro atoms. The number of aliphatic imine (C=N–C) groups is 1.